The summed E-state index contributed by atoms with van der Waals surface area (Å²) in [6, 6.07) is 9.47. The van der Waals surface area contributed by atoms with Crippen LogP contribution < -0.4 is 14.8 Å². The molecular weight excluding hydrogens is 380 g/mol. The van der Waals surface area contributed by atoms with Crippen LogP contribution in [0.2, 0.25) is 0 Å². The molecule has 1 N–H and O–H groups in total. The van der Waals surface area contributed by atoms with E-state index >= 15 is 0 Å². The summed E-state index contributed by atoms with van der Waals surface area (Å²) in [4.78, 5) is 12.8. The molecule has 0 spiro atoms. The van der Waals surface area contributed by atoms with E-state index in [0.29, 0.717) is 23.6 Å². The Hall–Kier alpha value is -2.58. The van der Waals surface area contributed by atoms with Gasteiger partial charge in [-0.2, -0.15) is 0 Å². The molecule has 1 aliphatic rings. The monoisotopic (exact) mass is 404 g/mol. The number of fused-ring (bicyclic) bond motifs is 1. The molecule has 2 aromatic rings. The maximum Gasteiger partial charge on any atom is 0.255 e. The largest absolute Gasteiger partial charge is 0.492 e. The van der Waals surface area contributed by atoms with Crippen molar-refractivity contribution >= 4 is 21.6 Å². The van der Waals surface area contributed by atoms with Gasteiger partial charge < -0.3 is 14.8 Å². The van der Waals surface area contributed by atoms with Gasteiger partial charge in [-0.3, -0.25) is 4.79 Å². The van der Waals surface area contributed by atoms with Crippen molar-refractivity contribution in [1.82, 2.24) is 4.31 Å². The predicted octanol–water partition coefficient (Wildman–Crippen LogP) is 2.91. The van der Waals surface area contributed by atoms with Crippen molar-refractivity contribution in [1.29, 1.82) is 0 Å². The first-order valence-electron chi connectivity index (χ1n) is 9.02. The van der Waals surface area contributed by atoms with E-state index in [-0.39, 0.29) is 16.9 Å². The van der Waals surface area contributed by atoms with E-state index in [1.54, 1.807) is 6.07 Å². The van der Waals surface area contributed by atoms with E-state index < -0.39 is 10.0 Å². The molecule has 0 saturated carbocycles. The van der Waals surface area contributed by atoms with Crippen LogP contribution >= 0.6 is 0 Å². The lowest BCUT2D eigenvalue weighted by atomic mass is 10.1. The molecule has 3 rings (SSSR count). The molecule has 2 aromatic carbocycles. The van der Waals surface area contributed by atoms with Crippen LogP contribution in [0.25, 0.3) is 0 Å². The Morgan fingerprint density at radius 1 is 1.25 bits per heavy atom. The molecule has 0 fully saturated rings. The van der Waals surface area contributed by atoms with Crippen LogP contribution in [0.15, 0.2) is 41.3 Å². The first-order valence-corrected chi connectivity index (χ1v) is 10.5. The summed E-state index contributed by atoms with van der Waals surface area (Å²) in [5.41, 5.74) is 1.91. The number of anilines is 1. The van der Waals surface area contributed by atoms with E-state index in [0.717, 1.165) is 22.0 Å². The van der Waals surface area contributed by atoms with Crippen LogP contribution in [0.5, 0.6) is 11.5 Å². The van der Waals surface area contributed by atoms with Crippen molar-refractivity contribution in [2.75, 3.05) is 26.0 Å². The molecule has 0 aliphatic carbocycles. The number of benzene rings is 2. The lowest BCUT2D eigenvalue weighted by Gasteiger charge is -2.14. The number of hydrogen-bond donors (Lipinski definition) is 1. The second-order valence-corrected chi connectivity index (χ2v) is 8.94. The van der Waals surface area contributed by atoms with Crippen molar-refractivity contribution in [2.45, 2.75) is 31.3 Å². The fourth-order valence-corrected chi connectivity index (χ4v) is 3.90. The number of amides is 1. The zero-order valence-corrected chi connectivity index (χ0v) is 17.2. The van der Waals surface area contributed by atoms with Crippen molar-refractivity contribution < 1.29 is 22.7 Å². The quantitative estimate of drug-likeness (QED) is 0.800. The van der Waals surface area contributed by atoms with Gasteiger partial charge in [0.25, 0.3) is 5.91 Å². The molecule has 1 atom stereocenters. The number of ether oxygens (including phenoxy) is 2. The fraction of sp³-hybridized carbons (Fsp3) is 0.350. The maximum atomic E-state index is 12.7. The molecule has 0 radical (unpaired) electrons. The summed E-state index contributed by atoms with van der Waals surface area (Å²) < 4.78 is 36.9. The van der Waals surface area contributed by atoms with Gasteiger partial charge in [0, 0.05) is 37.7 Å². The maximum absolute atomic E-state index is 12.7. The number of carbonyl (C=O) groups excluding carboxylic acids is 1. The third kappa shape index (κ3) is 3.98. The van der Waals surface area contributed by atoms with E-state index in [1.165, 1.54) is 38.4 Å². The standard InChI is InChI=1S/C20H24N2O5S/c1-5-26-19-11-15-10-13(2)27-18(15)12-17(19)21-20(23)14-6-8-16(9-7-14)28(24,25)22(3)4/h6-9,11-13H,5,10H2,1-4H3,(H,21,23). The fourth-order valence-electron chi connectivity index (χ4n) is 3.00. The smallest absolute Gasteiger partial charge is 0.255 e. The van der Waals surface area contributed by atoms with Gasteiger partial charge in [-0.15, -0.1) is 0 Å². The van der Waals surface area contributed by atoms with Crippen molar-refractivity contribution in [3.8, 4) is 11.5 Å². The van der Waals surface area contributed by atoms with Crippen molar-refractivity contribution in [3.63, 3.8) is 0 Å². The van der Waals surface area contributed by atoms with Crippen LogP contribution in [0.3, 0.4) is 0 Å². The predicted molar refractivity (Wildman–Crippen MR) is 107 cm³/mol. The minimum absolute atomic E-state index is 0.0848. The highest BCUT2D eigenvalue weighted by Gasteiger charge is 2.23. The van der Waals surface area contributed by atoms with Crippen LogP contribution in [0, 0.1) is 0 Å². The molecule has 1 amide bonds. The SMILES string of the molecule is CCOc1cc2c(cc1NC(=O)c1ccc(S(=O)(=O)N(C)C)cc1)OC(C)C2. The lowest BCUT2D eigenvalue weighted by Crippen LogP contribution is -2.22. The summed E-state index contributed by atoms with van der Waals surface area (Å²) in [6.45, 7) is 4.33. The molecule has 28 heavy (non-hydrogen) atoms. The molecule has 0 saturated heterocycles. The number of rotatable bonds is 6. The molecule has 1 unspecified atom stereocenters. The van der Waals surface area contributed by atoms with Crippen LogP contribution in [-0.4, -0.2) is 45.4 Å². The molecule has 1 heterocycles. The molecule has 0 bridgehead atoms. The first kappa shape index (κ1) is 20.2. The zero-order valence-electron chi connectivity index (χ0n) is 16.4. The molecular formula is C20H24N2O5S. The summed E-state index contributed by atoms with van der Waals surface area (Å²) in [6.07, 6.45) is 0.882. The van der Waals surface area contributed by atoms with Gasteiger partial charge in [0.15, 0.2) is 0 Å². The summed E-state index contributed by atoms with van der Waals surface area (Å²) in [5.74, 6) is 0.957. The second-order valence-electron chi connectivity index (χ2n) is 6.79. The van der Waals surface area contributed by atoms with Gasteiger partial charge in [0.2, 0.25) is 10.0 Å². The van der Waals surface area contributed by atoms with E-state index in [1.807, 2.05) is 19.9 Å². The average molecular weight is 404 g/mol. The second kappa shape index (κ2) is 7.81. The Balaban J connectivity index is 1.84. The average Bonchev–Trinajstić information content (AvgIpc) is 3.01. The van der Waals surface area contributed by atoms with Crippen LogP contribution in [0.1, 0.15) is 29.8 Å². The Morgan fingerprint density at radius 2 is 1.93 bits per heavy atom. The molecule has 7 nitrogen and oxygen atoms in total. The van der Waals surface area contributed by atoms with Gasteiger partial charge in [-0.25, -0.2) is 12.7 Å². The minimum Gasteiger partial charge on any atom is -0.492 e. The minimum atomic E-state index is -3.54. The van der Waals surface area contributed by atoms with Gasteiger partial charge in [-0.05, 0) is 44.2 Å². The first-order chi connectivity index (χ1) is 13.2. The third-order valence-electron chi connectivity index (χ3n) is 4.44. The highest BCUT2D eigenvalue weighted by Crippen LogP contribution is 2.38. The molecule has 0 aromatic heterocycles. The van der Waals surface area contributed by atoms with Crippen LogP contribution in [-0.2, 0) is 16.4 Å². The van der Waals surface area contributed by atoms with Crippen molar-refractivity contribution in [3.05, 3.63) is 47.5 Å². The number of nitrogens with zero attached hydrogens (tertiary/aromatic N) is 1. The van der Waals surface area contributed by atoms with Gasteiger partial charge >= 0.3 is 0 Å². The van der Waals surface area contributed by atoms with Gasteiger partial charge in [0.05, 0.1) is 17.2 Å². The number of nitrogens with one attached hydrogen (secondary N) is 1. The van der Waals surface area contributed by atoms with Gasteiger partial charge in [0.1, 0.15) is 17.6 Å². The van der Waals surface area contributed by atoms with Crippen molar-refractivity contribution in [2.24, 2.45) is 0 Å². The highest BCUT2D eigenvalue weighted by molar-refractivity contribution is 7.89. The zero-order chi connectivity index (χ0) is 20.5. The van der Waals surface area contributed by atoms with E-state index in [4.69, 9.17) is 9.47 Å². The Bertz CT molecular complexity index is 984. The van der Waals surface area contributed by atoms with E-state index in [9.17, 15) is 13.2 Å². The molecule has 150 valence electrons. The number of hydrogen-bond acceptors (Lipinski definition) is 5. The highest BCUT2D eigenvalue weighted by atomic mass is 32.2. The number of carbonyl (C=O) groups is 1. The van der Waals surface area contributed by atoms with Gasteiger partial charge in [-0.1, -0.05) is 0 Å². The summed E-state index contributed by atoms with van der Waals surface area (Å²) in [5, 5.41) is 2.83. The topological polar surface area (TPSA) is 84.9 Å². The number of sulfonamides is 1. The third-order valence-corrected chi connectivity index (χ3v) is 6.27. The summed E-state index contributed by atoms with van der Waals surface area (Å²) in [7, 11) is -0.619. The Morgan fingerprint density at radius 3 is 2.54 bits per heavy atom. The molecule has 8 heteroatoms. The lowest BCUT2D eigenvalue weighted by molar-refractivity contribution is 0.102. The summed E-state index contributed by atoms with van der Waals surface area (Å²) >= 11 is 0. The Labute approximate surface area is 165 Å². The van der Waals surface area contributed by atoms with E-state index in [2.05, 4.69) is 5.32 Å². The van der Waals surface area contributed by atoms with Crippen LogP contribution in [0.4, 0.5) is 5.69 Å². The Kier molecular flexibility index (Phi) is 5.62. The normalized spacial score (nSPS) is 15.8. The molecule has 1 aliphatic heterocycles.